The molecule has 1 fully saturated rings. The number of carbonyl (C=O) groups is 1. The van der Waals surface area contributed by atoms with Crippen LogP contribution in [0.25, 0.3) is 0 Å². The van der Waals surface area contributed by atoms with Crippen LogP contribution in [0.15, 0.2) is 0 Å². The van der Waals surface area contributed by atoms with Gasteiger partial charge in [-0.05, 0) is 0 Å². The van der Waals surface area contributed by atoms with Gasteiger partial charge in [-0.3, -0.25) is 4.79 Å². The third-order valence-corrected chi connectivity index (χ3v) is 2.40. The fraction of sp³-hybridized carbons (Fsp3) is 0.875. The van der Waals surface area contributed by atoms with Gasteiger partial charge in [-0.1, -0.05) is 0 Å². The molecule has 1 heterocycles. The van der Waals surface area contributed by atoms with Gasteiger partial charge in [-0.15, -0.1) is 11.6 Å². The Morgan fingerprint density at radius 2 is 2.36 bits per heavy atom. The molecule has 0 aromatic heterocycles. The molecule has 14 heavy (non-hydrogen) atoms. The summed E-state index contributed by atoms with van der Waals surface area (Å²) in [6, 6.07) is -0.554. The minimum atomic E-state index is -2.81. The topological polar surface area (TPSA) is 29.5 Å². The molecular weight excluding hydrogens is 216 g/mol. The monoisotopic (exact) mass is 227 g/mol. The van der Waals surface area contributed by atoms with Crippen molar-refractivity contribution in [1.29, 1.82) is 0 Å². The van der Waals surface area contributed by atoms with E-state index in [-0.39, 0.29) is 18.9 Å². The molecule has 0 aromatic carbocycles. The second kappa shape index (κ2) is 4.40. The number of carbonyl (C=O) groups excluding carboxylic acids is 1. The van der Waals surface area contributed by atoms with Gasteiger partial charge in [0.05, 0.1) is 19.2 Å². The van der Waals surface area contributed by atoms with Crippen molar-refractivity contribution in [2.24, 2.45) is 0 Å². The van der Waals surface area contributed by atoms with Gasteiger partial charge in [0, 0.05) is 13.5 Å². The predicted molar refractivity (Wildman–Crippen MR) is 47.7 cm³/mol. The van der Waals surface area contributed by atoms with Crippen LogP contribution < -0.4 is 0 Å². The molecule has 0 N–H and O–H groups in total. The molecule has 6 heteroatoms. The zero-order valence-electron chi connectivity index (χ0n) is 7.80. The first-order valence-electron chi connectivity index (χ1n) is 4.22. The van der Waals surface area contributed by atoms with Crippen molar-refractivity contribution in [1.82, 2.24) is 4.90 Å². The van der Waals surface area contributed by atoms with Crippen molar-refractivity contribution >= 4 is 17.5 Å². The van der Waals surface area contributed by atoms with Gasteiger partial charge in [-0.2, -0.15) is 0 Å². The normalized spacial score (nSPS) is 25.4. The lowest BCUT2D eigenvalue weighted by molar-refractivity contribution is -0.131. The quantitative estimate of drug-likeness (QED) is 0.676. The largest absolute Gasteiger partial charge is 0.383 e. The molecule has 0 unspecified atom stereocenters. The minimum Gasteiger partial charge on any atom is -0.383 e. The Hall–Kier alpha value is -0.420. The maximum Gasteiger partial charge on any atom is 0.267 e. The van der Waals surface area contributed by atoms with Crippen LogP contribution >= 0.6 is 11.6 Å². The Labute approximate surface area is 86.0 Å². The van der Waals surface area contributed by atoms with Gasteiger partial charge < -0.3 is 9.64 Å². The Balaban J connectivity index is 2.67. The van der Waals surface area contributed by atoms with Gasteiger partial charge in [-0.25, -0.2) is 8.78 Å². The third kappa shape index (κ3) is 2.54. The standard InChI is InChI=1S/C8H12ClF2NO2/c1-14-4-6-2-8(10,11)5-12(6)7(13)3-9/h6H,2-5H2,1H3/t6-/m0/s1. The molecule has 1 amide bonds. The van der Waals surface area contributed by atoms with Gasteiger partial charge in [0.2, 0.25) is 5.91 Å². The number of ether oxygens (including phenoxy) is 1. The van der Waals surface area contributed by atoms with Crippen molar-refractivity contribution < 1.29 is 18.3 Å². The van der Waals surface area contributed by atoms with Crippen LogP contribution in [-0.2, 0) is 9.53 Å². The number of nitrogens with zero attached hydrogens (tertiary/aromatic N) is 1. The fourth-order valence-electron chi connectivity index (χ4n) is 1.61. The zero-order chi connectivity index (χ0) is 10.8. The Morgan fingerprint density at radius 3 is 2.86 bits per heavy atom. The van der Waals surface area contributed by atoms with E-state index >= 15 is 0 Å². The number of rotatable bonds is 3. The molecule has 3 nitrogen and oxygen atoms in total. The highest BCUT2D eigenvalue weighted by Crippen LogP contribution is 2.32. The maximum atomic E-state index is 13.0. The summed E-state index contributed by atoms with van der Waals surface area (Å²) >= 11 is 5.31. The fourth-order valence-corrected chi connectivity index (χ4v) is 1.76. The van der Waals surface area contributed by atoms with Crippen molar-refractivity contribution in [2.75, 3.05) is 26.1 Å². The SMILES string of the molecule is COC[C@@H]1CC(F)(F)CN1C(=O)CCl. The van der Waals surface area contributed by atoms with E-state index in [1.165, 1.54) is 7.11 Å². The summed E-state index contributed by atoms with van der Waals surface area (Å²) in [5.41, 5.74) is 0. The van der Waals surface area contributed by atoms with Crippen molar-refractivity contribution in [3.8, 4) is 0 Å². The van der Waals surface area contributed by atoms with Crippen LogP contribution in [0.5, 0.6) is 0 Å². The average Bonchev–Trinajstić information content (AvgIpc) is 2.41. The van der Waals surface area contributed by atoms with Crippen LogP contribution in [0.2, 0.25) is 0 Å². The maximum absolute atomic E-state index is 13.0. The minimum absolute atomic E-state index is 0.123. The summed E-state index contributed by atoms with van der Waals surface area (Å²) in [4.78, 5) is 12.3. The number of methoxy groups -OCH3 is 1. The molecular formula is C8H12ClF2NO2. The highest BCUT2D eigenvalue weighted by atomic mass is 35.5. The zero-order valence-corrected chi connectivity index (χ0v) is 8.56. The molecule has 0 aromatic rings. The van der Waals surface area contributed by atoms with Crippen molar-refractivity contribution in [3.05, 3.63) is 0 Å². The lowest BCUT2D eigenvalue weighted by Gasteiger charge is -2.21. The summed E-state index contributed by atoms with van der Waals surface area (Å²) in [7, 11) is 1.42. The number of likely N-dealkylation sites (tertiary alicyclic amines) is 1. The Kier molecular flexibility index (Phi) is 3.66. The lowest BCUT2D eigenvalue weighted by atomic mass is 10.2. The predicted octanol–water partition coefficient (Wildman–Crippen LogP) is 1.11. The summed E-state index contributed by atoms with van der Waals surface area (Å²) in [5.74, 6) is -3.55. The molecule has 0 aliphatic carbocycles. The molecule has 0 radical (unpaired) electrons. The second-order valence-corrected chi connectivity index (χ2v) is 3.59. The summed E-state index contributed by atoms with van der Waals surface area (Å²) in [6.07, 6.45) is -0.344. The molecule has 1 aliphatic heterocycles. The number of amides is 1. The molecule has 1 saturated heterocycles. The summed E-state index contributed by atoms with van der Waals surface area (Å²) in [6.45, 7) is -0.426. The average molecular weight is 228 g/mol. The number of halogens is 3. The lowest BCUT2D eigenvalue weighted by Crippen LogP contribution is -2.39. The first kappa shape index (κ1) is 11.7. The Morgan fingerprint density at radius 1 is 1.71 bits per heavy atom. The van der Waals surface area contributed by atoms with E-state index < -0.39 is 24.4 Å². The van der Waals surface area contributed by atoms with Crippen molar-refractivity contribution in [3.63, 3.8) is 0 Å². The van der Waals surface area contributed by atoms with E-state index in [4.69, 9.17) is 16.3 Å². The van der Waals surface area contributed by atoms with E-state index in [0.717, 1.165) is 4.90 Å². The van der Waals surface area contributed by atoms with E-state index in [9.17, 15) is 13.6 Å². The summed E-state index contributed by atoms with van der Waals surface area (Å²) in [5, 5.41) is 0. The highest BCUT2D eigenvalue weighted by Gasteiger charge is 2.46. The second-order valence-electron chi connectivity index (χ2n) is 3.32. The van der Waals surface area contributed by atoms with Gasteiger partial charge in [0.1, 0.15) is 5.88 Å². The van der Waals surface area contributed by atoms with Crippen LogP contribution in [-0.4, -0.2) is 48.9 Å². The molecule has 0 bridgehead atoms. The molecule has 82 valence electrons. The van der Waals surface area contributed by atoms with Crippen LogP contribution in [0.3, 0.4) is 0 Å². The highest BCUT2D eigenvalue weighted by molar-refractivity contribution is 6.27. The Bertz CT molecular complexity index is 225. The number of hydrogen-bond acceptors (Lipinski definition) is 2. The van der Waals surface area contributed by atoms with Gasteiger partial charge in [0.25, 0.3) is 5.92 Å². The smallest absolute Gasteiger partial charge is 0.267 e. The molecule has 1 aliphatic rings. The molecule has 0 spiro atoms. The van der Waals surface area contributed by atoms with E-state index in [1.807, 2.05) is 0 Å². The number of hydrogen-bond donors (Lipinski definition) is 0. The van der Waals surface area contributed by atoms with Crippen molar-refractivity contribution in [2.45, 2.75) is 18.4 Å². The first-order chi connectivity index (χ1) is 6.50. The molecule has 1 atom stereocenters. The van der Waals surface area contributed by atoms with Crippen LogP contribution in [0, 0.1) is 0 Å². The van der Waals surface area contributed by atoms with Crippen LogP contribution in [0.1, 0.15) is 6.42 Å². The van der Waals surface area contributed by atoms with E-state index in [2.05, 4.69) is 0 Å². The van der Waals surface area contributed by atoms with Gasteiger partial charge >= 0.3 is 0 Å². The number of alkyl halides is 3. The third-order valence-electron chi connectivity index (χ3n) is 2.17. The molecule has 0 saturated carbocycles. The van der Waals surface area contributed by atoms with E-state index in [0.29, 0.717) is 0 Å². The molecule has 1 rings (SSSR count). The van der Waals surface area contributed by atoms with Gasteiger partial charge in [0.15, 0.2) is 0 Å². The first-order valence-corrected chi connectivity index (χ1v) is 4.76. The van der Waals surface area contributed by atoms with E-state index in [1.54, 1.807) is 0 Å². The van der Waals surface area contributed by atoms with Crippen LogP contribution in [0.4, 0.5) is 8.78 Å². The summed E-state index contributed by atoms with van der Waals surface area (Å²) < 4.78 is 30.7.